The number of hydrogen-bond acceptors (Lipinski definition) is 7. The van der Waals surface area contributed by atoms with Crippen molar-refractivity contribution in [3.63, 3.8) is 0 Å². The van der Waals surface area contributed by atoms with Crippen molar-refractivity contribution in [2.24, 2.45) is 0 Å². The van der Waals surface area contributed by atoms with Gasteiger partial charge in [0.25, 0.3) is 5.56 Å². The van der Waals surface area contributed by atoms with Gasteiger partial charge in [-0.2, -0.15) is 13.2 Å². The number of nitrogens with zero attached hydrogens (tertiary/aromatic N) is 3. The highest BCUT2D eigenvalue weighted by atomic mass is 35.5. The van der Waals surface area contributed by atoms with Gasteiger partial charge in [0, 0.05) is 22.1 Å². The molecule has 0 saturated carbocycles. The zero-order valence-electron chi connectivity index (χ0n) is 16.5. The third-order valence-electron chi connectivity index (χ3n) is 4.04. The van der Waals surface area contributed by atoms with E-state index in [1.807, 2.05) is 0 Å². The van der Waals surface area contributed by atoms with Crippen molar-refractivity contribution in [1.82, 2.24) is 14.2 Å². The minimum absolute atomic E-state index is 0.0801. The molecular weight excluding hydrogens is 508 g/mol. The number of carbonyl (C=O) groups excluding carboxylic acids is 1. The fraction of sp³-hybridized carbons (Fsp3) is 0.158. The number of benzene rings is 1. The molecule has 0 radical (unpaired) electrons. The minimum Gasteiger partial charge on any atom is -0.335 e. The van der Waals surface area contributed by atoms with Gasteiger partial charge in [-0.05, 0) is 31.2 Å². The first-order chi connectivity index (χ1) is 15.4. The maximum atomic E-state index is 14.7. The van der Waals surface area contributed by atoms with E-state index >= 15 is 0 Å². The van der Waals surface area contributed by atoms with Crippen LogP contribution < -0.4 is 17.1 Å². The fourth-order valence-corrected chi connectivity index (χ4v) is 4.72. The Morgan fingerprint density at radius 2 is 1.91 bits per heavy atom. The molecule has 0 fully saturated rings. The first kappa shape index (κ1) is 24.9. The van der Waals surface area contributed by atoms with Crippen molar-refractivity contribution in [2.45, 2.75) is 27.9 Å². The van der Waals surface area contributed by atoms with Crippen LogP contribution in [0.3, 0.4) is 0 Å². The lowest BCUT2D eigenvalue weighted by Gasteiger charge is -2.15. The molecule has 0 saturated heterocycles. The Labute approximate surface area is 196 Å². The standard InChI is InChI=1S/C19H13ClF4N4O3S2/c1-9(29)8-32-17-13(3-2-4-26-17)33-14-6-12(11(21)5-10(14)20)27-16(30)7-15(19(22,23)24)28(25)18(27)31/h2-7H,8,25H2,1H3. The normalized spacial score (nSPS) is 11.6. The SMILES string of the molecule is CC(=O)CSc1ncccc1Sc1cc(-n2c(=O)cc(C(F)(F)F)n(N)c2=O)c(F)cc1Cl. The van der Waals surface area contributed by atoms with Crippen molar-refractivity contribution in [1.29, 1.82) is 0 Å². The van der Waals surface area contributed by atoms with Gasteiger partial charge in [-0.3, -0.25) is 9.59 Å². The summed E-state index contributed by atoms with van der Waals surface area (Å²) in [5, 5.41) is 0.399. The minimum atomic E-state index is -5.07. The third kappa shape index (κ3) is 5.42. The monoisotopic (exact) mass is 520 g/mol. The molecule has 174 valence electrons. The van der Waals surface area contributed by atoms with Crippen molar-refractivity contribution in [3.8, 4) is 5.69 Å². The highest BCUT2D eigenvalue weighted by Gasteiger charge is 2.36. The van der Waals surface area contributed by atoms with E-state index in [0.29, 0.717) is 9.92 Å². The summed E-state index contributed by atoms with van der Waals surface area (Å²) in [6.45, 7) is 1.41. The van der Waals surface area contributed by atoms with E-state index < -0.39 is 34.6 Å². The van der Waals surface area contributed by atoms with Crippen LogP contribution in [-0.2, 0) is 11.0 Å². The zero-order chi connectivity index (χ0) is 24.5. The van der Waals surface area contributed by atoms with Crippen LogP contribution in [0.2, 0.25) is 5.02 Å². The number of carbonyl (C=O) groups is 1. The molecule has 0 unspecified atom stereocenters. The molecule has 1 aromatic carbocycles. The molecular formula is C19H13ClF4N4O3S2. The maximum Gasteiger partial charge on any atom is 0.433 e. The van der Waals surface area contributed by atoms with Crippen LogP contribution in [0.1, 0.15) is 12.6 Å². The number of halogens is 5. The van der Waals surface area contributed by atoms with E-state index in [1.165, 1.54) is 13.1 Å². The summed E-state index contributed by atoms with van der Waals surface area (Å²) < 4.78 is 53.6. The highest BCUT2D eigenvalue weighted by Crippen LogP contribution is 2.39. The molecule has 3 aromatic rings. The molecule has 2 N–H and O–H groups in total. The molecule has 14 heteroatoms. The lowest BCUT2D eigenvalue weighted by atomic mass is 10.3. The predicted molar refractivity (Wildman–Crippen MR) is 116 cm³/mol. The Morgan fingerprint density at radius 3 is 2.55 bits per heavy atom. The molecule has 0 amide bonds. The van der Waals surface area contributed by atoms with E-state index in [-0.39, 0.29) is 36.8 Å². The zero-order valence-corrected chi connectivity index (χ0v) is 18.9. The topological polar surface area (TPSA) is 100.0 Å². The molecule has 0 aliphatic heterocycles. The van der Waals surface area contributed by atoms with E-state index in [1.54, 1.807) is 12.1 Å². The first-order valence-corrected chi connectivity index (χ1v) is 11.0. The van der Waals surface area contributed by atoms with Crippen molar-refractivity contribution in [2.75, 3.05) is 11.6 Å². The number of alkyl halides is 3. The van der Waals surface area contributed by atoms with Crippen LogP contribution in [0.5, 0.6) is 0 Å². The second-order valence-electron chi connectivity index (χ2n) is 6.49. The summed E-state index contributed by atoms with van der Waals surface area (Å²) in [5.41, 5.74) is -5.33. The largest absolute Gasteiger partial charge is 0.433 e. The number of nitrogen functional groups attached to an aromatic ring is 1. The summed E-state index contributed by atoms with van der Waals surface area (Å²) in [6.07, 6.45) is -3.56. The molecule has 0 bridgehead atoms. The van der Waals surface area contributed by atoms with Gasteiger partial charge in [-0.1, -0.05) is 35.1 Å². The van der Waals surface area contributed by atoms with Gasteiger partial charge in [0.1, 0.15) is 16.6 Å². The lowest BCUT2D eigenvalue weighted by Crippen LogP contribution is -2.45. The molecule has 2 heterocycles. The van der Waals surface area contributed by atoms with Gasteiger partial charge in [-0.25, -0.2) is 23.4 Å². The molecule has 0 aliphatic carbocycles. The van der Waals surface area contributed by atoms with E-state index in [4.69, 9.17) is 17.4 Å². The summed E-state index contributed by atoms with van der Waals surface area (Å²) in [7, 11) is 0. The van der Waals surface area contributed by atoms with Crippen molar-refractivity contribution < 1.29 is 22.4 Å². The second kappa shape index (κ2) is 9.61. The third-order valence-corrected chi connectivity index (χ3v) is 6.85. The number of hydrogen-bond donors (Lipinski definition) is 1. The van der Waals surface area contributed by atoms with Crippen molar-refractivity contribution >= 4 is 40.9 Å². The summed E-state index contributed by atoms with van der Waals surface area (Å²) in [6, 6.07) is 5.25. The van der Waals surface area contributed by atoms with Crippen LogP contribution in [0.4, 0.5) is 17.6 Å². The van der Waals surface area contributed by atoms with Crippen LogP contribution in [0.15, 0.2) is 60.9 Å². The molecule has 33 heavy (non-hydrogen) atoms. The maximum absolute atomic E-state index is 14.7. The second-order valence-corrected chi connectivity index (χ2v) is 8.94. The highest BCUT2D eigenvalue weighted by molar-refractivity contribution is 8.02. The number of rotatable bonds is 6. The Kier molecular flexibility index (Phi) is 7.24. The van der Waals surface area contributed by atoms with Crippen LogP contribution in [0.25, 0.3) is 5.69 Å². The molecule has 0 spiro atoms. The predicted octanol–water partition coefficient (Wildman–Crippen LogP) is 3.75. The van der Waals surface area contributed by atoms with E-state index in [2.05, 4.69) is 4.98 Å². The number of ketones is 1. The molecule has 7 nitrogen and oxygen atoms in total. The van der Waals surface area contributed by atoms with Crippen molar-refractivity contribution in [3.05, 3.63) is 73.9 Å². The summed E-state index contributed by atoms with van der Waals surface area (Å²) >= 11 is 8.30. The quantitative estimate of drug-likeness (QED) is 0.300. The van der Waals surface area contributed by atoms with Gasteiger partial charge in [0.15, 0.2) is 5.69 Å². The number of nitrogens with two attached hydrogens (primary N) is 1. The average Bonchev–Trinajstić information content (AvgIpc) is 2.72. The Morgan fingerprint density at radius 1 is 1.21 bits per heavy atom. The van der Waals surface area contributed by atoms with Gasteiger partial charge in [0.2, 0.25) is 0 Å². The Balaban J connectivity index is 2.12. The Bertz CT molecular complexity index is 1360. The van der Waals surface area contributed by atoms with Gasteiger partial charge >= 0.3 is 11.9 Å². The average molecular weight is 521 g/mol. The van der Waals surface area contributed by atoms with E-state index in [9.17, 15) is 31.9 Å². The molecule has 0 atom stereocenters. The first-order valence-electron chi connectivity index (χ1n) is 8.86. The number of aromatic nitrogens is 3. The Hall–Kier alpha value is -2.77. The van der Waals surface area contributed by atoms with Gasteiger partial charge in [0.05, 0.1) is 16.5 Å². The number of Topliss-reactive ketones (excluding diaryl/α,β-unsaturated/α-hetero) is 1. The number of pyridine rings is 1. The number of thioether (sulfide) groups is 1. The molecule has 3 rings (SSSR count). The van der Waals surface area contributed by atoms with Crippen LogP contribution in [0, 0.1) is 5.82 Å². The fourth-order valence-electron chi connectivity index (χ4n) is 2.61. The van der Waals surface area contributed by atoms with E-state index in [0.717, 1.165) is 35.7 Å². The van der Waals surface area contributed by atoms with Gasteiger partial charge < -0.3 is 5.84 Å². The lowest BCUT2D eigenvalue weighted by molar-refractivity contribution is -0.143. The van der Waals surface area contributed by atoms with Gasteiger partial charge in [-0.15, -0.1) is 0 Å². The van der Waals surface area contributed by atoms with Crippen LogP contribution in [-0.4, -0.2) is 25.8 Å². The summed E-state index contributed by atoms with van der Waals surface area (Å²) in [5.74, 6) is 4.18. The van der Waals surface area contributed by atoms with Crippen LogP contribution >= 0.6 is 35.1 Å². The smallest absolute Gasteiger partial charge is 0.335 e. The molecule has 2 aromatic heterocycles. The summed E-state index contributed by atoms with van der Waals surface area (Å²) in [4.78, 5) is 40.9. The molecule has 0 aliphatic rings.